The van der Waals surface area contributed by atoms with Crippen LogP contribution in [0.3, 0.4) is 0 Å². The molecule has 0 bridgehead atoms. The van der Waals surface area contributed by atoms with Crippen molar-refractivity contribution in [1.29, 1.82) is 0 Å². The molecule has 1 atom stereocenters. The molecular weight excluding hydrogens is 349 g/mol. The number of aliphatic imine (C=N–C) groups is 1. The molecule has 6 heteroatoms. The zero-order valence-corrected chi connectivity index (χ0v) is 14.0. The van der Waals surface area contributed by atoms with E-state index in [-0.39, 0.29) is 12.2 Å². The summed E-state index contributed by atoms with van der Waals surface area (Å²) in [5.74, 6) is -0.863. The summed E-state index contributed by atoms with van der Waals surface area (Å²) in [5, 5.41) is 11.6. The largest absolute Gasteiger partial charge is 0.363 e. The monoisotopic (exact) mass is 361 g/mol. The highest BCUT2D eigenvalue weighted by Gasteiger charge is 2.43. The van der Waals surface area contributed by atoms with Crippen LogP contribution < -0.4 is 0 Å². The number of halogens is 2. The number of hydrogen-bond donors (Lipinski definition) is 1. The molecule has 2 aromatic carbocycles. The first kappa shape index (κ1) is 16.8. The third-order valence-electron chi connectivity index (χ3n) is 3.85. The van der Waals surface area contributed by atoms with Gasteiger partial charge in [0.05, 0.1) is 18.6 Å². The maximum atomic E-state index is 12.3. The van der Waals surface area contributed by atoms with Crippen LogP contribution >= 0.6 is 23.2 Å². The number of nitrogens with zero attached hydrogens (tertiary/aromatic N) is 1. The average molecular weight is 362 g/mol. The number of hydrogen-bond acceptors (Lipinski definition) is 4. The molecule has 2 aromatic rings. The first-order valence-electron chi connectivity index (χ1n) is 7.26. The molecule has 122 valence electrons. The van der Waals surface area contributed by atoms with Gasteiger partial charge in [-0.3, -0.25) is 9.59 Å². The van der Waals surface area contributed by atoms with Crippen molar-refractivity contribution in [3.63, 3.8) is 0 Å². The van der Waals surface area contributed by atoms with E-state index < -0.39 is 17.9 Å². The lowest BCUT2D eigenvalue weighted by Gasteiger charge is -2.16. The van der Waals surface area contributed by atoms with Gasteiger partial charge in [0.15, 0.2) is 11.6 Å². The van der Waals surface area contributed by atoms with Gasteiger partial charge in [-0.1, -0.05) is 35.3 Å². The predicted octanol–water partition coefficient (Wildman–Crippen LogP) is 3.72. The number of ketones is 2. The zero-order valence-electron chi connectivity index (χ0n) is 12.5. The summed E-state index contributed by atoms with van der Waals surface area (Å²) in [5.41, 5.74) is -0.507. The van der Waals surface area contributed by atoms with Gasteiger partial charge in [0.2, 0.25) is 5.72 Å². The number of benzene rings is 2. The second-order valence-corrected chi connectivity index (χ2v) is 6.46. The standard InChI is InChI=1S/C18H13Cl2NO3/c19-13-5-1-11(2-6-13)15-9-17(23)18(24,21-15)10-16(22)12-3-7-14(20)8-4-12/h1-8,24H,9-10H2. The van der Waals surface area contributed by atoms with E-state index >= 15 is 0 Å². The summed E-state index contributed by atoms with van der Waals surface area (Å²) >= 11 is 11.6. The van der Waals surface area contributed by atoms with Crippen LogP contribution in [0.25, 0.3) is 0 Å². The van der Waals surface area contributed by atoms with Gasteiger partial charge in [0.1, 0.15) is 0 Å². The summed E-state index contributed by atoms with van der Waals surface area (Å²) in [6, 6.07) is 13.1. The van der Waals surface area contributed by atoms with E-state index in [1.807, 2.05) is 0 Å². The summed E-state index contributed by atoms with van der Waals surface area (Å²) < 4.78 is 0. The molecule has 3 rings (SSSR count). The van der Waals surface area contributed by atoms with Gasteiger partial charge in [0, 0.05) is 15.6 Å². The van der Waals surface area contributed by atoms with Crippen LogP contribution in [0.5, 0.6) is 0 Å². The summed E-state index contributed by atoms with van der Waals surface area (Å²) in [4.78, 5) is 28.6. The SMILES string of the molecule is O=C(CC1(O)N=C(c2ccc(Cl)cc2)CC1=O)c1ccc(Cl)cc1. The molecule has 4 nitrogen and oxygen atoms in total. The maximum absolute atomic E-state index is 12.3. The Labute approximate surface area is 148 Å². The van der Waals surface area contributed by atoms with E-state index in [9.17, 15) is 14.7 Å². The van der Waals surface area contributed by atoms with E-state index in [1.54, 1.807) is 48.5 Å². The van der Waals surface area contributed by atoms with Crippen LogP contribution in [0, 0.1) is 0 Å². The fourth-order valence-electron chi connectivity index (χ4n) is 2.53. The first-order valence-corrected chi connectivity index (χ1v) is 8.02. The van der Waals surface area contributed by atoms with Crippen molar-refractivity contribution in [3.8, 4) is 0 Å². The lowest BCUT2D eigenvalue weighted by atomic mass is 9.97. The summed E-state index contributed by atoms with van der Waals surface area (Å²) in [6.45, 7) is 0. The highest BCUT2D eigenvalue weighted by Crippen LogP contribution is 2.28. The van der Waals surface area contributed by atoms with Gasteiger partial charge >= 0.3 is 0 Å². The van der Waals surface area contributed by atoms with E-state index in [0.717, 1.165) is 0 Å². The number of carbonyl (C=O) groups is 2. The zero-order chi connectivity index (χ0) is 17.3. The molecule has 1 unspecified atom stereocenters. The molecule has 0 aliphatic carbocycles. The van der Waals surface area contributed by atoms with Gasteiger partial charge in [-0.25, -0.2) is 4.99 Å². The van der Waals surface area contributed by atoms with E-state index in [0.29, 0.717) is 26.9 Å². The Balaban J connectivity index is 1.83. The van der Waals surface area contributed by atoms with E-state index in [2.05, 4.69) is 4.99 Å². The van der Waals surface area contributed by atoms with Crippen molar-refractivity contribution in [2.75, 3.05) is 0 Å². The fourth-order valence-corrected chi connectivity index (χ4v) is 2.78. The highest BCUT2D eigenvalue weighted by atomic mass is 35.5. The summed E-state index contributed by atoms with van der Waals surface area (Å²) in [6.07, 6.45) is -0.420. The van der Waals surface area contributed by atoms with E-state index in [1.165, 1.54) is 0 Å². The molecule has 0 amide bonds. The van der Waals surface area contributed by atoms with Gasteiger partial charge in [-0.15, -0.1) is 0 Å². The Morgan fingerprint density at radius 3 is 2.17 bits per heavy atom. The molecule has 0 fully saturated rings. The second-order valence-electron chi connectivity index (χ2n) is 5.59. The highest BCUT2D eigenvalue weighted by molar-refractivity contribution is 6.31. The topological polar surface area (TPSA) is 66.7 Å². The molecule has 0 spiro atoms. The summed E-state index contributed by atoms with van der Waals surface area (Å²) in [7, 11) is 0. The quantitative estimate of drug-likeness (QED) is 0.843. The minimum atomic E-state index is -2.02. The van der Waals surface area contributed by atoms with Crippen molar-refractivity contribution in [1.82, 2.24) is 0 Å². The molecule has 0 aromatic heterocycles. The van der Waals surface area contributed by atoms with Crippen molar-refractivity contribution in [3.05, 3.63) is 69.7 Å². The third kappa shape index (κ3) is 3.41. The van der Waals surface area contributed by atoms with Crippen LogP contribution in [0.2, 0.25) is 10.0 Å². The maximum Gasteiger partial charge on any atom is 0.223 e. The van der Waals surface area contributed by atoms with Crippen LogP contribution in [0.4, 0.5) is 0 Å². The normalized spacial score (nSPS) is 20.1. The molecule has 0 saturated heterocycles. The Kier molecular flexibility index (Phi) is 4.54. The van der Waals surface area contributed by atoms with Crippen molar-refractivity contribution >= 4 is 40.5 Å². The molecular formula is C18H13Cl2NO3. The lowest BCUT2D eigenvalue weighted by molar-refractivity contribution is -0.133. The first-order chi connectivity index (χ1) is 11.4. The minimum absolute atomic E-state index is 0.0218. The van der Waals surface area contributed by atoms with Crippen LogP contribution in [0.1, 0.15) is 28.8 Å². The number of rotatable bonds is 4. The van der Waals surface area contributed by atoms with Gasteiger partial charge in [-0.05, 0) is 42.0 Å². The molecule has 24 heavy (non-hydrogen) atoms. The molecule has 1 aliphatic rings. The van der Waals surface area contributed by atoms with E-state index in [4.69, 9.17) is 23.2 Å². The lowest BCUT2D eigenvalue weighted by Crippen LogP contribution is -2.35. The Bertz CT molecular complexity index is 828. The number of Topliss-reactive ketones (excluding diaryl/α,β-unsaturated/α-hetero) is 2. The number of aliphatic hydroxyl groups is 1. The molecule has 1 heterocycles. The Morgan fingerprint density at radius 2 is 1.58 bits per heavy atom. The Hall–Kier alpha value is -2.01. The van der Waals surface area contributed by atoms with Crippen molar-refractivity contribution in [2.24, 2.45) is 4.99 Å². The second kappa shape index (κ2) is 6.48. The minimum Gasteiger partial charge on any atom is -0.363 e. The fraction of sp³-hybridized carbons (Fsp3) is 0.167. The van der Waals surface area contributed by atoms with Crippen molar-refractivity contribution in [2.45, 2.75) is 18.6 Å². The predicted molar refractivity (Wildman–Crippen MR) is 93.0 cm³/mol. The molecule has 1 N–H and O–H groups in total. The van der Waals surface area contributed by atoms with Gasteiger partial charge in [-0.2, -0.15) is 0 Å². The molecule has 1 aliphatic heterocycles. The van der Waals surface area contributed by atoms with Crippen LogP contribution in [-0.4, -0.2) is 28.1 Å². The number of carbonyl (C=O) groups excluding carboxylic acids is 2. The smallest absolute Gasteiger partial charge is 0.223 e. The van der Waals surface area contributed by atoms with Gasteiger partial charge in [0.25, 0.3) is 0 Å². The third-order valence-corrected chi connectivity index (χ3v) is 4.35. The Morgan fingerprint density at radius 1 is 1.04 bits per heavy atom. The van der Waals surface area contributed by atoms with Crippen LogP contribution in [-0.2, 0) is 4.79 Å². The average Bonchev–Trinajstić information content (AvgIpc) is 2.83. The van der Waals surface area contributed by atoms with Gasteiger partial charge < -0.3 is 5.11 Å². The van der Waals surface area contributed by atoms with Crippen LogP contribution in [0.15, 0.2) is 53.5 Å². The van der Waals surface area contributed by atoms with Crippen molar-refractivity contribution < 1.29 is 14.7 Å². The molecule has 0 saturated carbocycles. The molecule has 0 radical (unpaired) electrons.